The summed E-state index contributed by atoms with van der Waals surface area (Å²) in [5, 5.41) is 24.2. The number of rotatable bonds is 13. The highest BCUT2D eigenvalue weighted by Gasteiger charge is 2.64. The van der Waals surface area contributed by atoms with Gasteiger partial charge in [0.25, 0.3) is 0 Å². The molecule has 0 spiro atoms. The molecule has 3 fully saturated rings. The molecular weight excluding hydrogens is 576 g/mol. The molecule has 0 bridgehead atoms. The number of amides is 2. The Bertz CT molecular complexity index is 1450. The van der Waals surface area contributed by atoms with E-state index in [1.165, 1.54) is 0 Å². The van der Waals surface area contributed by atoms with Gasteiger partial charge in [0.15, 0.2) is 5.79 Å². The number of hydrogen-bond acceptors (Lipinski definition) is 8. The van der Waals surface area contributed by atoms with Gasteiger partial charge in [0, 0.05) is 43.3 Å². The molecule has 2 saturated carbocycles. The summed E-state index contributed by atoms with van der Waals surface area (Å²) in [6.07, 6.45) is 8.85. The van der Waals surface area contributed by atoms with Crippen LogP contribution in [0.25, 0.3) is 6.08 Å². The Morgan fingerprint density at radius 3 is 2.38 bits per heavy atom. The van der Waals surface area contributed by atoms with Crippen LogP contribution in [0.2, 0.25) is 0 Å². The summed E-state index contributed by atoms with van der Waals surface area (Å²) in [5.41, 5.74) is 2.54. The van der Waals surface area contributed by atoms with Crippen molar-refractivity contribution in [2.45, 2.75) is 69.0 Å². The first-order chi connectivity index (χ1) is 21.9. The van der Waals surface area contributed by atoms with Crippen LogP contribution in [0.1, 0.15) is 60.0 Å². The normalized spacial score (nSPS) is 23.7. The lowest BCUT2D eigenvalue weighted by molar-refractivity contribution is -0.209. The van der Waals surface area contributed by atoms with E-state index in [9.17, 15) is 19.5 Å². The molecule has 3 aliphatic carbocycles. The van der Waals surface area contributed by atoms with Crippen molar-refractivity contribution in [1.29, 1.82) is 0 Å². The highest BCUT2D eigenvalue weighted by molar-refractivity contribution is 5.94. The highest BCUT2D eigenvalue weighted by Crippen LogP contribution is 2.59. The van der Waals surface area contributed by atoms with Crippen LogP contribution in [-0.4, -0.2) is 71.8 Å². The number of aromatic hydroxyl groups is 1. The van der Waals surface area contributed by atoms with Crippen LogP contribution in [0.5, 0.6) is 5.75 Å². The number of allylic oxidation sites excluding steroid dienone is 1. The second-order valence-electron chi connectivity index (χ2n) is 12.2. The van der Waals surface area contributed by atoms with Gasteiger partial charge in [0.1, 0.15) is 24.1 Å². The average molecular weight is 617 g/mol. The number of nitrogens with one attached hydrogen (secondary N) is 2. The number of hydrogen-bond donors (Lipinski definition) is 4. The zero-order valence-electron chi connectivity index (χ0n) is 25.2. The monoisotopic (exact) mass is 616 g/mol. The average Bonchev–Trinajstić information content (AvgIpc) is 3.98. The molecule has 3 atom stereocenters. The standard InChI is InChI=1S/C35H40N2O8/c38-19-18-36-31(40)16-17-37-33(41)25-20-29(32-30(21-25)44-35(45-32,26-12-13-26)27-14-15-27)43-34(42)24-10-8-22(9-11-24)4-3-6-23-5-1-2-7-28(23)39/h1-5,7-11,21,26-27,29-30,32,38-39H,6,12-20H2,(H,36,40)(H,37,41). The van der Waals surface area contributed by atoms with Gasteiger partial charge in [-0.25, -0.2) is 4.79 Å². The van der Waals surface area contributed by atoms with Gasteiger partial charge in [-0.2, -0.15) is 0 Å². The number of aliphatic hydroxyl groups excluding tert-OH is 1. The van der Waals surface area contributed by atoms with Crippen molar-refractivity contribution in [3.63, 3.8) is 0 Å². The summed E-state index contributed by atoms with van der Waals surface area (Å²) in [5.74, 6) is -0.948. The van der Waals surface area contributed by atoms with Gasteiger partial charge >= 0.3 is 5.97 Å². The maximum absolute atomic E-state index is 13.4. The minimum Gasteiger partial charge on any atom is -0.508 e. The second-order valence-corrected chi connectivity index (χ2v) is 12.2. The molecule has 10 heteroatoms. The molecule has 1 aliphatic heterocycles. The molecule has 2 aromatic carbocycles. The van der Waals surface area contributed by atoms with Crippen LogP contribution < -0.4 is 10.6 Å². The Kier molecular flexibility index (Phi) is 9.34. The predicted octanol–water partition coefficient (Wildman–Crippen LogP) is 3.42. The van der Waals surface area contributed by atoms with E-state index >= 15 is 0 Å². The number of benzene rings is 2. The quantitative estimate of drug-likeness (QED) is 0.251. The predicted molar refractivity (Wildman–Crippen MR) is 165 cm³/mol. The van der Waals surface area contributed by atoms with Crippen molar-refractivity contribution >= 4 is 23.9 Å². The van der Waals surface area contributed by atoms with Gasteiger partial charge in [-0.1, -0.05) is 42.5 Å². The van der Waals surface area contributed by atoms with Crippen molar-refractivity contribution in [3.05, 3.63) is 82.9 Å². The van der Waals surface area contributed by atoms with E-state index in [1.54, 1.807) is 30.3 Å². The summed E-state index contributed by atoms with van der Waals surface area (Å²) >= 11 is 0. The smallest absolute Gasteiger partial charge is 0.338 e. The molecule has 0 aromatic heterocycles. The third kappa shape index (κ3) is 7.30. The van der Waals surface area contributed by atoms with E-state index in [4.69, 9.17) is 19.3 Å². The maximum atomic E-state index is 13.4. The number of phenolic OH excluding ortho intramolecular Hbond substituents is 1. The number of ether oxygens (including phenoxy) is 3. The van der Waals surface area contributed by atoms with E-state index in [1.807, 2.05) is 36.4 Å². The Hall–Kier alpha value is -3.99. The Morgan fingerprint density at radius 1 is 0.956 bits per heavy atom. The number of phenols is 1. The van der Waals surface area contributed by atoms with Gasteiger partial charge in [0.05, 0.1) is 12.2 Å². The van der Waals surface area contributed by atoms with Crippen molar-refractivity contribution in [3.8, 4) is 5.75 Å². The topological polar surface area (TPSA) is 143 Å². The Balaban J connectivity index is 1.12. The van der Waals surface area contributed by atoms with Crippen LogP contribution in [0.15, 0.2) is 66.3 Å². The molecule has 1 saturated heterocycles. The first-order valence-corrected chi connectivity index (χ1v) is 15.8. The molecule has 10 nitrogen and oxygen atoms in total. The maximum Gasteiger partial charge on any atom is 0.338 e. The SMILES string of the molecule is O=C(CCNC(=O)C1=CC2OC(C3CC3)(C3CC3)OC2C(OC(=O)c2ccc(C=CCc3ccccc3O)cc2)C1)NCCO. The molecule has 3 unspecified atom stereocenters. The van der Waals surface area contributed by atoms with E-state index < -0.39 is 30.1 Å². The van der Waals surface area contributed by atoms with Crippen molar-refractivity contribution in [2.24, 2.45) is 11.8 Å². The van der Waals surface area contributed by atoms with Gasteiger partial charge < -0.3 is 35.1 Å². The third-order valence-corrected chi connectivity index (χ3v) is 8.82. The van der Waals surface area contributed by atoms with Crippen LogP contribution in [-0.2, 0) is 30.2 Å². The van der Waals surface area contributed by atoms with E-state index in [0.717, 1.165) is 36.8 Å². The summed E-state index contributed by atoms with van der Waals surface area (Å²) in [7, 11) is 0. The van der Waals surface area contributed by atoms with Crippen molar-refractivity contribution in [1.82, 2.24) is 10.6 Å². The van der Waals surface area contributed by atoms with Crippen molar-refractivity contribution < 1.29 is 38.8 Å². The van der Waals surface area contributed by atoms with Crippen LogP contribution in [0.3, 0.4) is 0 Å². The molecule has 4 aliphatic rings. The summed E-state index contributed by atoms with van der Waals surface area (Å²) in [4.78, 5) is 38.4. The lowest BCUT2D eigenvalue weighted by atomic mass is 9.91. The van der Waals surface area contributed by atoms with E-state index in [-0.39, 0.29) is 50.1 Å². The van der Waals surface area contributed by atoms with Crippen LogP contribution >= 0.6 is 0 Å². The number of fused-ring (bicyclic) bond motifs is 1. The number of para-hydroxylation sites is 1. The zero-order valence-corrected chi connectivity index (χ0v) is 25.2. The number of aliphatic hydroxyl groups is 1. The summed E-state index contributed by atoms with van der Waals surface area (Å²) in [6, 6.07) is 14.3. The van der Waals surface area contributed by atoms with Crippen LogP contribution in [0.4, 0.5) is 0 Å². The Morgan fingerprint density at radius 2 is 1.69 bits per heavy atom. The van der Waals surface area contributed by atoms with E-state index in [0.29, 0.717) is 29.4 Å². The van der Waals surface area contributed by atoms with Gasteiger partial charge in [0.2, 0.25) is 11.8 Å². The molecule has 4 N–H and O–H groups in total. The summed E-state index contributed by atoms with van der Waals surface area (Å²) < 4.78 is 19.3. The van der Waals surface area contributed by atoms with Gasteiger partial charge in [-0.05, 0) is 67.5 Å². The lowest BCUT2D eigenvalue weighted by Gasteiger charge is -2.31. The minimum absolute atomic E-state index is 0.0789. The third-order valence-electron chi connectivity index (χ3n) is 8.82. The minimum atomic E-state index is -0.724. The van der Waals surface area contributed by atoms with Crippen molar-refractivity contribution in [2.75, 3.05) is 19.7 Å². The largest absolute Gasteiger partial charge is 0.508 e. The second kappa shape index (κ2) is 13.6. The fourth-order valence-corrected chi connectivity index (χ4v) is 6.20. The lowest BCUT2D eigenvalue weighted by Crippen LogP contribution is -2.44. The highest BCUT2D eigenvalue weighted by atomic mass is 16.8. The molecule has 45 heavy (non-hydrogen) atoms. The summed E-state index contributed by atoms with van der Waals surface area (Å²) in [6.45, 7) is 0.139. The fourth-order valence-electron chi connectivity index (χ4n) is 6.20. The number of esters is 1. The molecule has 238 valence electrons. The number of carbonyl (C=O) groups is 3. The molecular formula is C35H40N2O8. The van der Waals surface area contributed by atoms with Crippen LogP contribution in [0, 0.1) is 11.8 Å². The molecule has 2 amide bonds. The first-order valence-electron chi connectivity index (χ1n) is 15.8. The molecule has 2 aromatic rings. The molecule has 6 rings (SSSR count). The Labute approximate surface area is 262 Å². The fraction of sp³-hybridized carbons (Fsp3) is 0.457. The van der Waals surface area contributed by atoms with Gasteiger partial charge in [-0.15, -0.1) is 0 Å². The van der Waals surface area contributed by atoms with Gasteiger partial charge in [-0.3, -0.25) is 9.59 Å². The zero-order chi connectivity index (χ0) is 31.4. The van der Waals surface area contributed by atoms with E-state index in [2.05, 4.69) is 10.6 Å². The molecule has 0 radical (unpaired) electrons. The number of carbonyl (C=O) groups excluding carboxylic acids is 3. The first kappa shape index (κ1) is 31.0. The molecule has 1 heterocycles.